The van der Waals surface area contributed by atoms with Crippen LogP contribution in [0.25, 0.3) is 0 Å². The van der Waals surface area contributed by atoms with Crippen LogP contribution in [0, 0.1) is 17.3 Å². The normalized spacial score (nSPS) is 26.4. The van der Waals surface area contributed by atoms with Crippen LogP contribution in [0.3, 0.4) is 0 Å². The largest absolute Gasteiger partial charge is 0.408 e. The molecular weight excluding hydrogens is 452 g/mol. The Morgan fingerprint density at radius 2 is 1.71 bits per heavy atom. The first-order valence-corrected chi connectivity index (χ1v) is 19.3. The monoisotopic (exact) mass is 508 g/mol. The molecule has 4 atom stereocenters. The molecule has 5 heteroatoms. The van der Waals surface area contributed by atoms with Gasteiger partial charge in [-0.2, -0.15) is 0 Å². The van der Waals surface area contributed by atoms with E-state index in [2.05, 4.69) is 100 Å². The second-order valence-electron chi connectivity index (χ2n) is 13.7. The van der Waals surface area contributed by atoms with Gasteiger partial charge in [-0.1, -0.05) is 86.0 Å². The Hall–Kier alpha value is -0.496. The molecule has 0 amide bonds. The lowest BCUT2D eigenvalue weighted by molar-refractivity contribution is -0.132. The summed E-state index contributed by atoms with van der Waals surface area (Å²) in [6.45, 7) is 31.2. The van der Waals surface area contributed by atoms with E-state index in [0.717, 1.165) is 12.8 Å². The topological polar surface area (TPSA) is 35.5 Å². The fraction of sp³-hybridized carbons (Fsp3) is 0.828. The fourth-order valence-electron chi connectivity index (χ4n) is 5.16. The molecule has 1 saturated carbocycles. The molecular formula is C29H56O3Si2. The van der Waals surface area contributed by atoms with Crippen LogP contribution in [0.4, 0.5) is 0 Å². The van der Waals surface area contributed by atoms with Crippen molar-refractivity contribution in [3.8, 4) is 0 Å². The summed E-state index contributed by atoms with van der Waals surface area (Å²) in [5.41, 5.74) is -1.12. The first-order chi connectivity index (χ1) is 15.3. The second kappa shape index (κ2) is 11.7. The number of hydrogen-bond acceptors (Lipinski definition) is 3. The number of hydrogen-bond donors (Lipinski definition) is 0. The number of carbonyl (C=O) groups excluding carboxylic acids is 1. The summed E-state index contributed by atoms with van der Waals surface area (Å²) in [6, 6.07) is 0. The van der Waals surface area contributed by atoms with E-state index in [4.69, 9.17) is 8.85 Å². The highest BCUT2D eigenvalue weighted by atomic mass is 28.4. The summed E-state index contributed by atoms with van der Waals surface area (Å²) in [6.07, 6.45) is 12.2. The van der Waals surface area contributed by atoms with Crippen LogP contribution in [0.15, 0.2) is 24.8 Å². The van der Waals surface area contributed by atoms with Crippen molar-refractivity contribution in [2.45, 2.75) is 136 Å². The van der Waals surface area contributed by atoms with Gasteiger partial charge < -0.3 is 8.85 Å². The van der Waals surface area contributed by atoms with Crippen molar-refractivity contribution in [3.05, 3.63) is 24.8 Å². The van der Waals surface area contributed by atoms with Crippen LogP contribution < -0.4 is 0 Å². The molecule has 198 valence electrons. The lowest BCUT2D eigenvalue weighted by Crippen LogP contribution is -2.49. The van der Waals surface area contributed by atoms with Crippen molar-refractivity contribution in [1.82, 2.24) is 0 Å². The molecule has 34 heavy (non-hydrogen) atoms. The van der Waals surface area contributed by atoms with E-state index in [1.54, 1.807) is 0 Å². The molecule has 0 N–H and O–H groups in total. The van der Waals surface area contributed by atoms with E-state index in [1.165, 1.54) is 12.8 Å². The number of rotatable bonds is 12. The molecule has 0 aliphatic heterocycles. The number of Topliss-reactive ketones (excluding diaryl/α,β-unsaturated/α-hetero) is 1. The first kappa shape index (κ1) is 31.5. The van der Waals surface area contributed by atoms with Crippen molar-refractivity contribution in [2.24, 2.45) is 17.3 Å². The van der Waals surface area contributed by atoms with Gasteiger partial charge in [-0.15, -0.1) is 6.58 Å². The van der Waals surface area contributed by atoms with E-state index in [1.807, 2.05) is 6.08 Å². The van der Waals surface area contributed by atoms with Crippen LogP contribution in [0.5, 0.6) is 0 Å². The van der Waals surface area contributed by atoms with Crippen LogP contribution in [0.1, 0.15) is 93.9 Å². The SMILES string of the molecule is C=CCC1(O[SiH](C)C)C(=O)CC(C(C)(C)C)C1C=CC(C)(CCCCC)O[Si](C)(C)C(C)(C)C. The van der Waals surface area contributed by atoms with E-state index in [0.29, 0.717) is 12.8 Å². The van der Waals surface area contributed by atoms with Crippen LogP contribution >= 0.6 is 0 Å². The highest BCUT2D eigenvalue weighted by molar-refractivity contribution is 6.74. The van der Waals surface area contributed by atoms with Crippen molar-refractivity contribution >= 4 is 23.1 Å². The molecule has 0 radical (unpaired) electrons. The molecule has 1 fully saturated rings. The number of unbranched alkanes of at least 4 members (excludes halogenated alkanes) is 2. The molecule has 1 rings (SSSR count). The summed E-state index contributed by atoms with van der Waals surface area (Å²) in [5.74, 6) is 0.513. The Morgan fingerprint density at radius 3 is 2.15 bits per heavy atom. The zero-order valence-electron chi connectivity index (χ0n) is 24.6. The summed E-state index contributed by atoms with van der Waals surface area (Å²) in [4.78, 5) is 13.6. The van der Waals surface area contributed by atoms with Gasteiger partial charge in [-0.3, -0.25) is 4.79 Å². The molecule has 3 nitrogen and oxygen atoms in total. The molecule has 4 unspecified atom stereocenters. The quantitative estimate of drug-likeness (QED) is 0.151. The van der Waals surface area contributed by atoms with Crippen molar-refractivity contribution in [2.75, 3.05) is 0 Å². The summed E-state index contributed by atoms with van der Waals surface area (Å²) in [5, 5.41) is 0.142. The second-order valence-corrected chi connectivity index (χ2v) is 20.7. The van der Waals surface area contributed by atoms with Gasteiger partial charge in [0.1, 0.15) is 5.60 Å². The molecule has 0 spiro atoms. The lowest BCUT2D eigenvalue weighted by atomic mass is 9.71. The Balaban J connectivity index is 3.55. The summed E-state index contributed by atoms with van der Waals surface area (Å²) in [7, 11) is -3.44. The highest BCUT2D eigenvalue weighted by Gasteiger charge is 2.57. The maximum absolute atomic E-state index is 13.6. The van der Waals surface area contributed by atoms with E-state index < -0.39 is 23.0 Å². The van der Waals surface area contributed by atoms with E-state index in [-0.39, 0.29) is 33.7 Å². The zero-order chi connectivity index (χ0) is 26.6. The Morgan fingerprint density at radius 1 is 1.12 bits per heavy atom. The lowest BCUT2D eigenvalue weighted by Gasteiger charge is -2.44. The highest BCUT2D eigenvalue weighted by Crippen LogP contribution is 2.51. The molecule has 1 aliphatic rings. The van der Waals surface area contributed by atoms with Crippen LogP contribution in [-0.4, -0.2) is 34.3 Å². The predicted molar refractivity (Wildman–Crippen MR) is 154 cm³/mol. The average molecular weight is 509 g/mol. The minimum absolute atomic E-state index is 0.00831. The number of carbonyl (C=O) groups is 1. The maximum atomic E-state index is 13.6. The molecule has 0 aromatic carbocycles. The Bertz CT molecular complexity index is 714. The van der Waals surface area contributed by atoms with Gasteiger partial charge in [0.15, 0.2) is 23.1 Å². The van der Waals surface area contributed by atoms with Crippen molar-refractivity contribution in [1.29, 1.82) is 0 Å². The van der Waals surface area contributed by atoms with Gasteiger partial charge in [0.2, 0.25) is 0 Å². The van der Waals surface area contributed by atoms with Gasteiger partial charge >= 0.3 is 0 Å². The standard InChI is InChI=1S/C29H56O3Si2/c1-14-16-17-20-28(9,32-34(12,13)27(6,7)8)21-18-23-24(26(3,4)5)22-25(30)29(23,19-15-2)31-33(10)11/h15,18,21,23-24,33H,2,14,16-17,19-20,22H2,1,3-13H3. The van der Waals surface area contributed by atoms with Gasteiger partial charge in [-0.05, 0) is 55.9 Å². The zero-order valence-corrected chi connectivity index (χ0v) is 26.8. The maximum Gasteiger partial charge on any atom is 0.193 e. The molecule has 0 bridgehead atoms. The van der Waals surface area contributed by atoms with Gasteiger partial charge in [0.25, 0.3) is 0 Å². The molecule has 0 saturated heterocycles. The summed E-state index contributed by atoms with van der Waals surface area (Å²) >= 11 is 0. The van der Waals surface area contributed by atoms with Gasteiger partial charge in [0, 0.05) is 18.8 Å². The van der Waals surface area contributed by atoms with Gasteiger partial charge in [0.05, 0.1) is 5.60 Å². The summed E-state index contributed by atoms with van der Waals surface area (Å²) < 4.78 is 13.7. The first-order valence-electron chi connectivity index (χ1n) is 13.6. The van der Waals surface area contributed by atoms with Crippen LogP contribution in [0.2, 0.25) is 31.2 Å². The van der Waals surface area contributed by atoms with Crippen molar-refractivity contribution < 1.29 is 13.6 Å². The average Bonchev–Trinajstić information content (AvgIpc) is 2.91. The fourth-order valence-corrected chi connectivity index (χ4v) is 8.03. The third-order valence-corrected chi connectivity index (χ3v) is 13.6. The van der Waals surface area contributed by atoms with E-state index >= 15 is 0 Å². The number of ketones is 1. The van der Waals surface area contributed by atoms with E-state index in [9.17, 15) is 4.79 Å². The molecule has 0 aromatic rings. The molecule has 0 aromatic heterocycles. The smallest absolute Gasteiger partial charge is 0.193 e. The Labute approximate surface area is 215 Å². The van der Waals surface area contributed by atoms with Crippen LogP contribution in [-0.2, 0) is 13.6 Å². The van der Waals surface area contributed by atoms with Gasteiger partial charge in [-0.25, -0.2) is 0 Å². The third-order valence-electron chi connectivity index (χ3n) is 8.08. The minimum atomic E-state index is -1.98. The molecule has 1 aliphatic carbocycles. The molecule has 0 heterocycles. The predicted octanol–water partition coefficient (Wildman–Crippen LogP) is 8.47. The third kappa shape index (κ3) is 7.75. The minimum Gasteiger partial charge on any atom is -0.408 e. The van der Waals surface area contributed by atoms with Crippen molar-refractivity contribution in [3.63, 3.8) is 0 Å². The Kier molecular flexibility index (Phi) is 10.9.